The summed E-state index contributed by atoms with van der Waals surface area (Å²) in [6, 6.07) is 7.89. The Morgan fingerprint density at radius 3 is 2.78 bits per heavy atom. The molecule has 186 valence electrons. The van der Waals surface area contributed by atoms with E-state index in [-0.39, 0.29) is 24.0 Å². The lowest BCUT2D eigenvalue weighted by Crippen LogP contribution is -2.24. The van der Waals surface area contributed by atoms with Crippen molar-refractivity contribution in [2.45, 2.75) is 25.0 Å². The van der Waals surface area contributed by atoms with Crippen molar-refractivity contribution in [3.63, 3.8) is 0 Å². The largest absolute Gasteiger partial charge is 0.495 e. The van der Waals surface area contributed by atoms with E-state index in [9.17, 15) is 4.79 Å². The van der Waals surface area contributed by atoms with Crippen LogP contribution in [0.25, 0.3) is 33.3 Å². The molecule has 6 rings (SSSR count). The molecule has 1 aliphatic heterocycles. The van der Waals surface area contributed by atoms with Crippen LogP contribution >= 0.6 is 0 Å². The molecule has 2 aliphatic rings. The molecule has 0 radical (unpaired) electrons. The van der Waals surface area contributed by atoms with Crippen LogP contribution in [0, 0.1) is 5.92 Å². The molecule has 1 saturated heterocycles. The summed E-state index contributed by atoms with van der Waals surface area (Å²) in [4.78, 5) is 16.7. The number of hydrogen-bond acceptors (Lipinski definition) is 7. The van der Waals surface area contributed by atoms with Gasteiger partial charge in [-0.1, -0.05) is 12.1 Å². The smallest absolute Gasteiger partial charge is 0.228 e. The molecule has 2 atom stereocenters. The second kappa shape index (κ2) is 9.03. The Hall–Kier alpha value is -3.76. The van der Waals surface area contributed by atoms with Crippen molar-refractivity contribution in [2.75, 3.05) is 32.8 Å². The van der Waals surface area contributed by atoms with Gasteiger partial charge in [-0.15, -0.1) is 0 Å². The minimum atomic E-state index is -0.0333. The van der Waals surface area contributed by atoms with E-state index in [0.717, 1.165) is 46.1 Å². The first-order valence-electron chi connectivity index (χ1n) is 12.0. The van der Waals surface area contributed by atoms with E-state index < -0.39 is 0 Å². The fourth-order valence-electron chi connectivity index (χ4n) is 4.82. The zero-order valence-corrected chi connectivity index (χ0v) is 20.5. The Kier molecular flexibility index (Phi) is 5.69. The number of ether oxygens (including phenoxy) is 3. The summed E-state index contributed by atoms with van der Waals surface area (Å²) >= 11 is 0. The van der Waals surface area contributed by atoms with Gasteiger partial charge in [0.05, 0.1) is 38.2 Å². The van der Waals surface area contributed by atoms with Crippen molar-refractivity contribution in [3.05, 3.63) is 42.9 Å². The van der Waals surface area contributed by atoms with E-state index in [1.54, 1.807) is 25.1 Å². The Morgan fingerprint density at radius 2 is 2.00 bits per heavy atom. The van der Waals surface area contributed by atoms with E-state index in [0.29, 0.717) is 24.8 Å². The fourth-order valence-corrected chi connectivity index (χ4v) is 4.82. The number of hydrogen-bond donors (Lipinski definition) is 1. The second-order valence-electron chi connectivity index (χ2n) is 9.30. The van der Waals surface area contributed by atoms with Crippen LogP contribution in [0.1, 0.15) is 18.9 Å². The third-order valence-corrected chi connectivity index (χ3v) is 6.97. The van der Waals surface area contributed by atoms with Gasteiger partial charge in [-0.3, -0.25) is 14.2 Å². The molecule has 36 heavy (non-hydrogen) atoms. The highest BCUT2D eigenvalue weighted by atomic mass is 16.5. The monoisotopic (exact) mass is 488 g/mol. The van der Waals surface area contributed by atoms with Crippen molar-refractivity contribution < 1.29 is 19.0 Å². The maximum absolute atomic E-state index is 12.3. The Labute approximate surface area is 208 Å². The van der Waals surface area contributed by atoms with Gasteiger partial charge >= 0.3 is 0 Å². The molecule has 1 aromatic carbocycles. The minimum absolute atomic E-state index is 0.0206. The lowest BCUT2D eigenvalue weighted by molar-refractivity contribution is -0.117. The number of pyridine rings is 1. The molecule has 0 unspecified atom stereocenters. The minimum Gasteiger partial charge on any atom is -0.495 e. The molecule has 4 heterocycles. The summed E-state index contributed by atoms with van der Waals surface area (Å²) in [7, 11) is 5.23. The van der Waals surface area contributed by atoms with E-state index in [1.807, 2.05) is 48.4 Å². The van der Waals surface area contributed by atoms with Gasteiger partial charge in [0.15, 0.2) is 0 Å². The molecule has 10 nitrogen and oxygen atoms in total. The number of carbonyl (C=O) groups excluding carboxylic acids is 1. The van der Waals surface area contributed by atoms with Crippen molar-refractivity contribution >= 4 is 22.6 Å². The third-order valence-electron chi connectivity index (χ3n) is 6.97. The Balaban J connectivity index is 1.40. The van der Waals surface area contributed by atoms with Gasteiger partial charge < -0.3 is 19.5 Å². The molecule has 1 aliphatic carbocycles. The highest BCUT2D eigenvalue weighted by Gasteiger charge is 2.31. The first-order valence-corrected chi connectivity index (χ1v) is 12.0. The number of carbonyl (C=O) groups is 1. The van der Waals surface area contributed by atoms with Crippen molar-refractivity contribution in [1.82, 2.24) is 24.5 Å². The molecule has 4 aromatic rings. The molecule has 2 fully saturated rings. The van der Waals surface area contributed by atoms with Crippen LogP contribution in [0.3, 0.4) is 0 Å². The van der Waals surface area contributed by atoms with Crippen LogP contribution < -0.4 is 10.1 Å². The van der Waals surface area contributed by atoms with Gasteiger partial charge in [-0.05, 0) is 25.0 Å². The van der Waals surface area contributed by atoms with Crippen LogP contribution in [-0.4, -0.2) is 64.0 Å². The first-order chi connectivity index (χ1) is 17.6. The van der Waals surface area contributed by atoms with Gasteiger partial charge in [0.2, 0.25) is 5.91 Å². The quantitative estimate of drug-likeness (QED) is 0.425. The summed E-state index contributed by atoms with van der Waals surface area (Å²) in [6.07, 6.45) is 7.41. The van der Waals surface area contributed by atoms with Crippen LogP contribution in [0.15, 0.2) is 42.9 Å². The van der Waals surface area contributed by atoms with Crippen LogP contribution in [0.2, 0.25) is 0 Å². The highest BCUT2D eigenvalue weighted by Crippen LogP contribution is 2.41. The number of rotatable bonds is 7. The first kappa shape index (κ1) is 22.7. The average molecular weight is 489 g/mol. The number of para-hydroxylation sites is 1. The molecule has 1 saturated carbocycles. The number of aromatic nitrogens is 5. The third kappa shape index (κ3) is 3.92. The predicted molar refractivity (Wildman–Crippen MR) is 134 cm³/mol. The lowest BCUT2D eigenvalue weighted by Gasteiger charge is -2.16. The topological polar surface area (TPSA) is 105 Å². The van der Waals surface area contributed by atoms with E-state index in [4.69, 9.17) is 19.3 Å². The summed E-state index contributed by atoms with van der Waals surface area (Å²) < 4.78 is 20.8. The standard InChI is InChI=1S/C26H28N6O4/c1-31-20-11-27-23(29-26(33)15-7-8-15)9-19(20)24(30-31)18-6-4-5-17(25(18)35-3)16-10-28-32(12-16)21-13-36-14-22(21)34-2/h4-6,9-12,15,21-22H,7-8,13-14H2,1-3H3,(H,27,29,33)/t21-,22+/m0/s1. The summed E-state index contributed by atoms with van der Waals surface area (Å²) in [6.45, 7) is 1.12. The molecule has 1 amide bonds. The Morgan fingerprint density at radius 1 is 1.17 bits per heavy atom. The molecule has 3 aromatic heterocycles. The zero-order valence-electron chi connectivity index (χ0n) is 20.5. The van der Waals surface area contributed by atoms with Crippen LogP contribution in [0.4, 0.5) is 5.82 Å². The van der Waals surface area contributed by atoms with E-state index in [2.05, 4.69) is 15.4 Å². The molecule has 1 N–H and O–H groups in total. The number of nitrogens with one attached hydrogen (secondary N) is 1. The molecule has 0 spiro atoms. The second-order valence-corrected chi connectivity index (χ2v) is 9.30. The Bertz CT molecular complexity index is 1440. The summed E-state index contributed by atoms with van der Waals surface area (Å²) in [5, 5.41) is 13.2. The molecule has 0 bridgehead atoms. The average Bonchev–Trinajstić information content (AvgIpc) is 3.31. The van der Waals surface area contributed by atoms with Gasteiger partial charge in [-0.25, -0.2) is 4.98 Å². The van der Waals surface area contributed by atoms with Crippen molar-refractivity contribution in [1.29, 1.82) is 0 Å². The maximum atomic E-state index is 12.3. The number of benzene rings is 1. The van der Waals surface area contributed by atoms with Gasteiger partial charge in [0.1, 0.15) is 29.4 Å². The lowest BCUT2D eigenvalue weighted by atomic mass is 10.0. The number of anilines is 1. The zero-order chi connectivity index (χ0) is 24.8. The van der Waals surface area contributed by atoms with Crippen molar-refractivity contribution in [3.8, 4) is 28.1 Å². The fraction of sp³-hybridized carbons (Fsp3) is 0.385. The summed E-state index contributed by atoms with van der Waals surface area (Å²) in [5.41, 5.74) is 4.30. The SMILES string of the molecule is COc1c(-c2cnn([C@H]3COC[C@H]3OC)c2)cccc1-c1nn(C)c2cnc(NC(=O)C3CC3)cc12. The number of aryl methyl sites for hydroxylation is 1. The predicted octanol–water partition coefficient (Wildman–Crippen LogP) is 3.44. The van der Waals surface area contributed by atoms with E-state index in [1.165, 1.54) is 0 Å². The van der Waals surface area contributed by atoms with Crippen LogP contribution in [-0.2, 0) is 21.3 Å². The number of nitrogens with zero attached hydrogens (tertiary/aromatic N) is 5. The van der Waals surface area contributed by atoms with Gasteiger partial charge in [-0.2, -0.15) is 10.2 Å². The van der Waals surface area contributed by atoms with Crippen LogP contribution in [0.5, 0.6) is 5.75 Å². The highest BCUT2D eigenvalue weighted by molar-refractivity contribution is 6.00. The number of fused-ring (bicyclic) bond motifs is 1. The molecule has 10 heteroatoms. The molecular weight excluding hydrogens is 460 g/mol. The molecular formula is C26H28N6O4. The maximum Gasteiger partial charge on any atom is 0.228 e. The summed E-state index contributed by atoms with van der Waals surface area (Å²) in [5.74, 6) is 1.34. The van der Waals surface area contributed by atoms with E-state index >= 15 is 0 Å². The van der Waals surface area contributed by atoms with Gasteiger partial charge in [0.25, 0.3) is 0 Å². The number of amides is 1. The van der Waals surface area contributed by atoms with Gasteiger partial charge in [0, 0.05) is 48.3 Å². The number of methoxy groups -OCH3 is 2. The van der Waals surface area contributed by atoms with Crippen molar-refractivity contribution in [2.24, 2.45) is 13.0 Å². The normalized spacial score (nSPS) is 19.6.